The number of sulfonamides is 1. The van der Waals surface area contributed by atoms with Gasteiger partial charge in [0, 0.05) is 39.2 Å². The van der Waals surface area contributed by atoms with E-state index in [0.717, 1.165) is 25.2 Å². The largest absolute Gasteiger partial charge is 0.381 e. The molecule has 0 aliphatic carbocycles. The van der Waals surface area contributed by atoms with E-state index in [9.17, 15) is 8.42 Å². The molecule has 0 radical (unpaired) electrons. The van der Waals surface area contributed by atoms with E-state index in [4.69, 9.17) is 4.74 Å². The van der Waals surface area contributed by atoms with Crippen LogP contribution >= 0.6 is 0 Å². The highest BCUT2D eigenvalue weighted by Crippen LogP contribution is 2.30. The number of aryl methyl sites for hydroxylation is 2. The van der Waals surface area contributed by atoms with E-state index in [2.05, 4.69) is 14.8 Å². The predicted octanol–water partition coefficient (Wildman–Crippen LogP) is 1.08. The molecular weight excluding hydrogens is 330 g/mol. The van der Waals surface area contributed by atoms with Gasteiger partial charge in [0.25, 0.3) is 10.0 Å². The summed E-state index contributed by atoms with van der Waals surface area (Å²) in [6.45, 7) is 4.03. The van der Waals surface area contributed by atoms with Gasteiger partial charge in [-0.3, -0.25) is 4.68 Å². The molecule has 1 unspecified atom stereocenters. The van der Waals surface area contributed by atoms with Crippen molar-refractivity contribution in [2.45, 2.75) is 37.4 Å². The maximum Gasteiger partial charge on any atom is 0.258 e. The molecule has 1 atom stereocenters. The fraction of sp³-hybridized carbons (Fsp3) is 0.600. The maximum absolute atomic E-state index is 12.8. The van der Waals surface area contributed by atoms with Crippen molar-refractivity contribution in [1.82, 2.24) is 24.1 Å². The molecule has 3 heterocycles. The first kappa shape index (κ1) is 17.1. The summed E-state index contributed by atoms with van der Waals surface area (Å²) in [6.07, 6.45) is 6.67. The van der Waals surface area contributed by atoms with Crippen LogP contribution in [0.15, 0.2) is 29.7 Å². The molecule has 9 heteroatoms. The average Bonchev–Trinajstić information content (AvgIpc) is 3.22. The van der Waals surface area contributed by atoms with Crippen LogP contribution in [0, 0.1) is 5.92 Å². The maximum atomic E-state index is 12.8. The number of nitrogens with one attached hydrogen (secondary N) is 1. The molecule has 0 amide bonds. The van der Waals surface area contributed by atoms with Crippen LogP contribution in [0.4, 0.5) is 0 Å². The summed E-state index contributed by atoms with van der Waals surface area (Å²) >= 11 is 0. The van der Waals surface area contributed by atoms with Crippen molar-refractivity contribution in [3.63, 3.8) is 0 Å². The van der Waals surface area contributed by atoms with Gasteiger partial charge in [-0.15, -0.1) is 0 Å². The van der Waals surface area contributed by atoms with Crippen LogP contribution in [-0.2, 0) is 28.4 Å². The predicted molar refractivity (Wildman–Crippen MR) is 87.7 cm³/mol. The van der Waals surface area contributed by atoms with E-state index in [-0.39, 0.29) is 17.0 Å². The van der Waals surface area contributed by atoms with Crippen molar-refractivity contribution in [1.29, 1.82) is 0 Å². The van der Waals surface area contributed by atoms with Crippen LogP contribution in [0.1, 0.15) is 31.6 Å². The second kappa shape index (κ2) is 7.04. The fourth-order valence-corrected chi connectivity index (χ4v) is 4.52. The van der Waals surface area contributed by atoms with Crippen molar-refractivity contribution in [2.75, 3.05) is 13.2 Å². The summed E-state index contributed by atoms with van der Waals surface area (Å²) in [6, 6.07) is 1.11. The molecule has 2 aromatic heterocycles. The first-order valence-electron chi connectivity index (χ1n) is 8.12. The molecule has 132 valence electrons. The standard InChI is InChI=1S/C15H23N5O3S/c1-3-20-9-8-16-15(20)14(12-5-10-23-11-6-12)18-24(21,22)13-4-7-17-19(13)2/h4,7-9,12,14,18H,3,5-6,10-11H2,1-2H3. The lowest BCUT2D eigenvalue weighted by Crippen LogP contribution is -2.38. The van der Waals surface area contributed by atoms with Crippen LogP contribution in [0.3, 0.4) is 0 Å². The van der Waals surface area contributed by atoms with Gasteiger partial charge in [0.05, 0.1) is 12.2 Å². The molecular formula is C15H23N5O3S. The fourth-order valence-electron chi connectivity index (χ4n) is 3.13. The molecule has 8 nitrogen and oxygen atoms in total. The van der Waals surface area contributed by atoms with Crippen molar-refractivity contribution in [3.05, 3.63) is 30.5 Å². The Kier molecular flexibility index (Phi) is 5.02. The Bertz CT molecular complexity index is 777. The number of imidazole rings is 1. The zero-order chi connectivity index (χ0) is 17.2. The normalized spacial score (nSPS) is 17.9. The summed E-state index contributed by atoms with van der Waals surface area (Å²) in [4.78, 5) is 4.42. The lowest BCUT2D eigenvalue weighted by atomic mass is 9.92. The number of rotatable bonds is 6. The minimum absolute atomic E-state index is 0.147. The highest BCUT2D eigenvalue weighted by atomic mass is 32.2. The van der Waals surface area contributed by atoms with Crippen molar-refractivity contribution < 1.29 is 13.2 Å². The molecule has 0 aromatic carbocycles. The van der Waals surface area contributed by atoms with Crippen molar-refractivity contribution >= 4 is 10.0 Å². The third kappa shape index (κ3) is 3.38. The average molecular weight is 353 g/mol. The Morgan fingerprint density at radius 3 is 2.75 bits per heavy atom. The number of hydrogen-bond donors (Lipinski definition) is 1. The van der Waals surface area contributed by atoms with Crippen molar-refractivity contribution in [3.8, 4) is 0 Å². The van der Waals surface area contributed by atoms with Crippen molar-refractivity contribution in [2.24, 2.45) is 13.0 Å². The van der Waals surface area contributed by atoms with Gasteiger partial charge in [0.1, 0.15) is 5.82 Å². The third-order valence-electron chi connectivity index (χ3n) is 4.44. The van der Waals surface area contributed by atoms with Gasteiger partial charge in [0.15, 0.2) is 5.03 Å². The first-order valence-corrected chi connectivity index (χ1v) is 9.60. The number of hydrogen-bond acceptors (Lipinski definition) is 5. The molecule has 0 saturated carbocycles. The van der Waals surface area contributed by atoms with Gasteiger partial charge in [-0.25, -0.2) is 13.4 Å². The molecule has 1 saturated heterocycles. The van der Waals surface area contributed by atoms with E-state index >= 15 is 0 Å². The highest BCUT2D eigenvalue weighted by molar-refractivity contribution is 7.89. The zero-order valence-electron chi connectivity index (χ0n) is 13.9. The Hall–Kier alpha value is -1.71. The van der Waals surface area contributed by atoms with E-state index in [1.165, 1.54) is 16.9 Å². The van der Waals surface area contributed by atoms with Gasteiger partial charge in [-0.2, -0.15) is 9.82 Å². The lowest BCUT2D eigenvalue weighted by molar-refractivity contribution is 0.0550. The zero-order valence-corrected chi connectivity index (χ0v) is 14.7. The van der Waals surface area contributed by atoms with Crippen LogP contribution in [0.25, 0.3) is 0 Å². The van der Waals surface area contributed by atoms with Gasteiger partial charge >= 0.3 is 0 Å². The summed E-state index contributed by atoms with van der Waals surface area (Å²) in [7, 11) is -2.07. The van der Waals surface area contributed by atoms with E-state index in [1.54, 1.807) is 13.2 Å². The number of aromatic nitrogens is 4. The van der Waals surface area contributed by atoms with Gasteiger partial charge in [0.2, 0.25) is 0 Å². The Morgan fingerprint density at radius 1 is 1.38 bits per heavy atom. The van der Waals surface area contributed by atoms with E-state index in [1.807, 2.05) is 17.7 Å². The molecule has 0 spiro atoms. The van der Waals surface area contributed by atoms with E-state index in [0.29, 0.717) is 13.2 Å². The van der Waals surface area contributed by atoms with Crippen LogP contribution in [-0.4, -0.2) is 41.0 Å². The third-order valence-corrected chi connectivity index (χ3v) is 5.95. The Morgan fingerprint density at radius 2 is 2.12 bits per heavy atom. The molecule has 1 aliphatic heterocycles. The molecule has 1 fully saturated rings. The number of nitrogens with zero attached hydrogens (tertiary/aromatic N) is 4. The quantitative estimate of drug-likeness (QED) is 0.839. The Labute approximate surface area is 141 Å². The Balaban J connectivity index is 1.94. The monoisotopic (exact) mass is 353 g/mol. The van der Waals surface area contributed by atoms with Gasteiger partial charge in [-0.05, 0) is 31.7 Å². The summed E-state index contributed by atoms with van der Waals surface area (Å²) in [5.41, 5.74) is 0. The second-order valence-corrected chi connectivity index (χ2v) is 7.57. The number of ether oxygens (including phenoxy) is 1. The van der Waals surface area contributed by atoms with Gasteiger partial charge < -0.3 is 9.30 Å². The first-order chi connectivity index (χ1) is 11.5. The molecule has 3 rings (SSSR count). The molecule has 0 bridgehead atoms. The smallest absolute Gasteiger partial charge is 0.258 e. The molecule has 1 N–H and O–H groups in total. The van der Waals surface area contributed by atoms with Gasteiger partial charge in [-0.1, -0.05) is 0 Å². The van der Waals surface area contributed by atoms with Crippen LogP contribution in [0.2, 0.25) is 0 Å². The highest BCUT2D eigenvalue weighted by Gasteiger charge is 2.33. The molecule has 1 aliphatic rings. The van der Waals surface area contributed by atoms with Crippen LogP contribution in [0.5, 0.6) is 0 Å². The lowest BCUT2D eigenvalue weighted by Gasteiger charge is -2.30. The summed E-state index contributed by atoms with van der Waals surface area (Å²) in [5.74, 6) is 0.893. The van der Waals surface area contributed by atoms with E-state index < -0.39 is 10.0 Å². The topological polar surface area (TPSA) is 91.0 Å². The minimum atomic E-state index is -3.69. The second-order valence-electron chi connectivity index (χ2n) is 5.91. The minimum Gasteiger partial charge on any atom is -0.381 e. The molecule has 2 aromatic rings. The SMILES string of the molecule is CCn1ccnc1C(NS(=O)(=O)c1ccnn1C)C1CCOCC1. The summed E-state index contributed by atoms with van der Waals surface area (Å²) < 4.78 is 37.3. The molecule has 24 heavy (non-hydrogen) atoms. The van der Waals surface area contributed by atoms with Crippen LogP contribution < -0.4 is 4.72 Å². The summed E-state index contributed by atoms with van der Waals surface area (Å²) in [5, 5.41) is 4.10.